The molecule has 3 aromatic rings. The molecule has 0 amide bonds. The number of hydrogen-bond donors (Lipinski definition) is 1. The quantitative estimate of drug-likeness (QED) is 0.528. The summed E-state index contributed by atoms with van der Waals surface area (Å²) in [6.07, 6.45) is -0.685. The van der Waals surface area contributed by atoms with Gasteiger partial charge >= 0.3 is 12.1 Å². The summed E-state index contributed by atoms with van der Waals surface area (Å²) in [6, 6.07) is 9.04. The maximum atomic E-state index is 10.6. The summed E-state index contributed by atoms with van der Waals surface area (Å²) >= 11 is 8.13. The van der Waals surface area contributed by atoms with Gasteiger partial charge in [-0.05, 0) is 30.5 Å². The Kier molecular flexibility index (Phi) is 7.15. The van der Waals surface area contributed by atoms with Crippen LogP contribution in [0.3, 0.4) is 0 Å². The zero-order chi connectivity index (χ0) is 24.5. The number of pyridine rings is 1. The van der Waals surface area contributed by atoms with Crippen LogP contribution in [0.15, 0.2) is 30.5 Å². The molecule has 7 nitrogen and oxygen atoms in total. The maximum Gasteiger partial charge on any atom is 0.490 e. The number of carbonyl (C=O) groups is 1. The van der Waals surface area contributed by atoms with Crippen molar-refractivity contribution in [2.75, 3.05) is 38.2 Å². The minimum Gasteiger partial charge on any atom is -0.481 e. The summed E-state index contributed by atoms with van der Waals surface area (Å²) in [5.74, 6) is -2.19. The molecule has 0 unspecified atom stereocenters. The van der Waals surface area contributed by atoms with Crippen LogP contribution in [0, 0.1) is 0 Å². The second-order valence-electron chi connectivity index (χ2n) is 7.94. The van der Waals surface area contributed by atoms with Gasteiger partial charge in [-0.1, -0.05) is 29.0 Å². The molecule has 5 rings (SSSR count). The number of anilines is 1. The highest BCUT2D eigenvalue weighted by molar-refractivity contribution is 7.22. The summed E-state index contributed by atoms with van der Waals surface area (Å²) in [4.78, 5) is 23.0. The van der Waals surface area contributed by atoms with E-state index < -0.39 is 12.1 Å². The van der Waals surface area contributed by atoms with Crippen LogP contribution in [0.25, 0.3) is 21.3 Å². The number of nitrogens with zero attached hydrogens (tertiary/aromatic N) is 4. The lowest BCUT2D eigenvalue weighted by Gasteiger charge is -2.34. The predicted octanol–water partition coefficient (Wildman–Crippen LogP) is 4.94. The van der Waals surface area contributed by atoms with E-state index in [4.69, 9.17) is 31.2 Å². The highest BCUT2D eigenvalue weighted by Gasteiger charge is 2.38. The van der Waals surface area contributed by atoms with Crippen LogP contribution in [-0.4, -0.2) is 71.5 Å². The van der Waals surface area contributed by atoms with E-state index in [1.807, 2.05) is 6.07 Å². The summed E-state index contributed by atoms with van der Waals surface area (Å²) in [5.41, 5.74) is 3.03. The number of carboxylic acids is 1. The van der Waals surface area contributed by atoms with Gasteiger partial charge < -0.3 is 14.7 Å². The minimum atomic E-state index is -5.08. The third-order valence-electron chi connectivity index (χ3n) is 5.62. The van der Waals surface area contributed by atoms with Gasteiger partial charge in [-0.25, -0.2) is 14.8 Å². The average Bonchev–Trinajstić information content (AvgIpc) is 3.58. The van der Waals surface area contributed by atoms with Gasteiger partial charge in [0.25, 0.3) is 0 Å². The summed E-state index contributed by atoms with van der Waals surface area (Å²) in [6.45, 7) is 4.43. The lowest BCUT2D eigenvalue weighted by molar-refractivity contribution is -0.192. The Balaban J connectivity index is 0.000000344. The Labute approximate surface area is 202 Å². The molecule has 2 fully saturated rings. The van der Waals surface area contributed by atoms with E-state index in [9.17, 15) is 13.2 Å². The Morgan fingerprint density at radius 2 is 1.88 bits per heavy atom. The number of alkyl halides is 3. The highest BCUT2D eigenvalue weighted by Crippen LogP contribution is 2.36. The molecule has 1 aromatic carbocycles. The number of thiazole rings is 1. The van der Waals surface area contributed by atoms with Crippen LogP contribution in [0.5, 0.6) is 5.88 Å². The molecule has 0 bridgehead atoms. The molecule has 0 atom stereocenters. The second kappa shape index (κ2) is 9.93. The number of rotatable bonds is 4. The molecular formula is C22H22ClF3N4O3S. The van der Waals surface area contributed by atoms with Gasteiger partial charge in [-0.2, -0.15) is 13.2 Å². The Bertz CT molecular complexity index is 1180. The van der Waals surface area contributed by atoms with Crippen molar-refractivity contribution in [1.29, 1.82) is 0 Å². The van der Waals surface area contributed by atoms with Crippen molar-refractivity contribution < 1.29 is 27.8 Å². The number of piperazine rings is 1. The van der Waals surface area contributed by atoms with Gasteiger partial charge in [-0.15, -0.1) is 0 Å². The van der Waals surface area contributed by atoms with Gasteiger partial charge in [0.2, 0.25) is 5.88 Å². The number of fused-ring (bicyclic) bond motifs is 1. The third kappa shape index (κ3) is 5.70. The number of hydrogen-bond acceptors (Lipinski definition) is 7. The summed E-state index contributed by atoms with van der Waals surface area (Å²) in [7, 11) is 1.61. The van der Waals surface area contributed by atoms with Crippen LogP contribution >= 0.6 is 22.9 Å². The molecule has 34 heavy (non-hydrogen) atoms. The van der Waals surface area contributed by atoms with E-state index in [1.54, 1.807) is 24.6 Å². The molecular weight excluding hydrogens is 493 g/mol. The first-order valence-corrected chi connectivity index (χ1v) is 11.7. The monoisotopic (exact) mass is 514 g/mol. The zero-order valence-corrected chi connectivity index (χ0v) is 19.8. The van der Waals surface area contributed by atoms with Crippen molar-refractivity contribution in [3.8, 4) is 17.0 Å². The van der Waals surface area contributed by atoms with Crippen molar-refractivity contribution in [3.63, 3.8) is 0 Å². The fourth-order valence-corrected chi connectivity index (χ4v) is 4.95. The number of benzene rings is 1. The highest BCUT2D eigenvalue weighted by atomic mass is 35.5. The van der Waals surface area contributed by atoms with E-state index in [-0.39, 0.29) is 0 Å². The molecule has 2 aromatic heterocycles. The first-order valence-electron chi connectivity index (χ1n) is 10.6. The van der Waals surface area contributed by atoms with Crippen LogP contribution in [0.1, 0.15) is 12.8 Å². The molecule has 182 valence electrons. The Morgan fingerprint density at radius 3 is 2.47 bits per heavy atom. The number of aromatic nitrogens is 2. The number of halogens is 4. The smallest absolute Gasteiger partial charge is 0.481 e. The topological polar surface area (TPSA) is 78.8 Å². The molecule has 12 heteroatoms. The molecule has 2 aliphatic rings. The van der Waals surface area contributed by atoms with Crippen molar-refractivity contribution >= 4 is 44.3 Å². The Morgan fingerprint density at radius 1 is 1.21 bits per heavy atom. The van der Waals surface area contributed by atoms with E-state index in [0.717, 1.165) is 54.0 Å². The molecule has 1 N–H and O–H groups in total. The number of methoxy groups -OCH3 is 1. The second-order valence-corrected chi connectivity index (χ2v) is 9.36. The lowest BCUT2D eigenvalue weighted by atomic mass is 10.1. The SMILES string of the molecule is COc1cc(-c2ccc3nc(N4CCN(C5CC5)CC4)sc3c2)c(Cl)cn1.O=C(O)C(F)(F)F. The first kappa shape index (κ1) is 24.5. The van der Waals surface area contributed by atoms with Crippen LogP contribution in [-0.2, 0) is 4.79 Å². The number of ether oxygens (including phenoxy) is 1. The van der Waals surface area contributed by atoms with Crippen LogP contribution in [0.2, 0.25) is 5.02 Å². The van der Waals surface area contributed by atoms with E-state index in [1.165, 1.54) is 17.5 Å². The van der Waals surface area contributed by atoms with Crippen molar-refractivity contribution in [2.45, 2.75) is 25.1 Å². The molecule has 0 spiro atoms. The van der Waals surface area contributed by atoms with Gasteiger partial charge in [0.15, 0.2) is 5.13 Å². The summed E-state index contributed by atoms with van der Waals surface area (Å²) in [5, 5.41) is 8.87. The molecule has 1 saturated carbocycles. The molecule has 1 saturated heterocycles. The lowest BCUT2D eigenvalue weighted by Crippen LogP contribution is -2.47. The van der Waals surface area contributed by atoms with Crippen LogP contribution < -0.4 is 9.64 Å². The predicted molar refractivity (Wildman–Crippen MR) is 125 cm³/mol. The van der Waals surface area contributed by atoms with Crippen molar-refractivity contribution in [1.82, 2.24) is 14.9 Å². The fourth-order valence-electron chi connectivity index (χ4n) is 3.69. The average molecular weight is 515 g/mol. The largest absolute Gasteiger partial charge is 0.490 e. The third-order valence-corrected chi connectivity index (χ3v) is 7.00. The van der Waals surface area contributed by atoms with Crippen LogP contribution in [0.4, 0.5) is 18.3 Å². The molecule has 0 radical (unpaired) electrons. The summed E-state index contributed by atoms with van der Waals surface area (Å²) < 4.78 is 38.2. The van der Waals surface area contributed by atoms with Crippen molar-refractivity contribution in [2.24, 2.45) is 0 Å². The normalized spacial score (nSPS) is 16.8. The van der Waals surface area contributed by atoms with Crippen molar-refractivity contribution in [3.05, 3.63) is 35.5 Å². The zero-order valence-electron chi connectivity index (χ0n) is 18.2. The maximum absolute atomic E-state index is 10.6. The van der Waals surface area contributed by atoms with Gasteiger partial charge in [0.05, 0.1) is 28.5 Å². The van der Waals surface area contributed by atoms with E-state index in [2.05, 4.69) is 33.0 Å². The minimum absolute atomic E-state index is 0.563. The van der Waals surface area contributed by atoms with Gasteiger partial charge in [0, 0.05) is 43.9 Å². The Hall–Kier alpha value is -2.63. The van der Waals surface area contributed by atoms with E-state index >= 15 is 0 Å². The molecule has 3 heterocycles. The number of carboxylic acid groups (broad SMARTS) is 1. The van der Waals surface area contributed by atoms with E-state index in [0.29, 0.717) is 10.9 Å². The number of aliphatic carboxylic acids is 1. The first-order chi connectivity index (χ1) is 16.2. The fraction of sp³-hybridized carbons (Fsp3) is 0.409. The standard InChI is InChI=1S/C20H21ClN4OS.C2HF3O2/c1-26-19-11-15(16(21)12-22-19)13-2-5-17-18(10-13)27-20(23-17)25-8-6-24(7-9-25)14-3-4-14;3-2(4,5)1(6)7/h2,5,10-12,14H,3-4,6-9H2,1H3;(H,6,7). The molecule has 1 aliphatic heterocycles. The van der Waals surface area contributed by atoms with Gasteiger partial charge in [0.1, 0.15) is 0 Å². The van der Waals surface area contributed by atoms with Gasteiger partial charge in [-0.3, -0.25) is 4.90 Å². The molecule has 1 aliphatic carbocycles.